The lowest BCUT2D eigenvalue weighted by molar-refractivity contribution is -0.113. The molecule has 0 spiro atoms. The topological polar surface area (TPSA) is 98.1 Å². The average Bonchev–Trinajstić information content (AvgIpc) is 3.30. The molecule has 36 heavy (non-hydrogen) atoms. The Hall–Kier alpha value is -4.18. The highest BCUT2D eigenvalue weighted by Gasteiger charge is 2.16. The van der Waals surface area contributed by atoms with E-state index in [-0.39, 0.29) is 23.3 Å². The van der Waals surface area contributed by atoms with Gasteiger partial charge in [0.15, 0.2) is 16.8 Å². The lowest BCUT2D eigenvalue weighted by Gasteiger charge is -2.12. The largest absolute Gasteiger partial charge is 0.497 e. The molecule has 2 N–H and O–H groups in total. The Morgan fingerprint density at radius 2 is 1.61 bits per heavy atom. The summed E-state index contributed by atoms with van der Waals surface area (Å²) in [6.07, 6.45) is 0. The fourth-order valence-corrected chi connectivity index (χ4v) is 4.13. The van der Waals surface area contributed by atoms with Crippen LogP contribution >= 0.6 is 11.8 Å². The molecule has 8 nitrogen and oxygen atoms in total. The second-order valence-electron chi connectivity index (χ2n) is 7.76. The van der Waals surface area contributed by atoms with Crippen LogP contribution in [0, 0.1) is 5.82 Å². The fourth-order valence-electron chi connectivity index (χ4n) is 3.36. The van der Waals surface area contributed by atoms with E-state index in [1.54, 1.807) is 43.5 Å². The lowest BCUT2D eigenvalue weighted by Crippen LogP contribution is -2.15. The van der Waals surface area contributed by atoms with E-state index in [9.17, 15) is 14.0 Å². The number of hydrogen-bond donors (Lipinski definition) is 2. The number of ether oxygens (including phenoxy) is 1. The maximum absolute atomic E-state index is 13.2. The van der Waals surface area contributed by atoms with Crippen LogP contribution in [0.5, 0.6) is 5.75 Å². The highest BCUT2D eigenvalue weighted by atomic mass is 32.2. The molecule has 0 bridgehead atoms. The van der Waals surface area contributed by atoms with Crippen molar-refractivity contribution in [3.05, 3.63) is 90.0 Å². The number of thioether (sulfide) groups is 1. The Morgan fingerprint density at radius 1 is 0.944 bits per heavy atom. The molecule has 10 heteroatoms. The zero-order valence-electron chi connectivity index (χ0n) is 19.7. The molecule has 0 fully saturated rings. The van der Waals surface area contributed by atoms with Gasteiger partial charge in [-0.25, -0.2) is 4.39 Å². The van der Waals surface area contributed by atoms with Crippen molar-refractivity contribution in [3.8, 4) is 11.4 Å². The SMILES string of the molecule is COc1ccc(-n2c(CNc3ccc(F)cc3)nnc2SCC(=O)Nc2ccc(C(C)=O)cc2)cc1. The van der Waals surface area contributed by atoms with Gasteiger partial charge in [-0.2, -0.15) is 0 Å². The predicted molar refractivity (Wildman–Crippen MR) is 137 cm³/mol. The summed E-state index contributed by atoms with van der Waals surface area (Å²) < 4.78 is 20.3. The van der Waals surface area contributed by atoms with Crippen molar-refractivity contribution in [2.24, 2.45) is 0 Å². The average molecular weight is 506 g/mol. The van der Waals surface area contributed by atoms with Crippen LogP contribution in [0.15, 0.2) is 78.0 Å². The first-order chi connectivity index (χ1) is 17.4. The maximum Gasteiger partial charge on any atom is 0.234 e. The van der Waals surface area contributed by atoms with Crippen LogP contribution in [0.3, 0.4) is 0 Å². The van der Waals surface area contributed by atoms with Crippen LogP contribution in [0.25, 0.3) is 5.69 Å². The summed E-state index contributed by atoms with van der Waals surface area (Å²) in [4.78, 5) is 24.0. The van der Waals surface area contributed by atoms with Gasteiger partial charge in [0.25, 0.3) is 0 Å². The van der Waals surface area contributed by atoms with Gasteiger partial charge in [0.05, 0.1) is 19.4 Å². The third-order valence-corrected chi connectivity index (χ3v) is 6.16. The Morgan fingerprint density at radius 3 is 2.25 bits per heavy atom. The molecule has 0 unspecified atom stereocenters. The summed E-state index contributed by atoms with van der Waals surface area (Å²) >= 11 is 1.25. The number of nitrogens with one attached hydrogen (secondary N) is 2. The van der Waals surface area contributed by atoms with E-state index in [0.29, 0.717) is 34.5 Å². The summed E-state index contributed by atoms with van der Waals surface area (Å²) in [5, 5.41) is 15.2. The minimum Gasteiger partial charge on any atom is -0.497 e. The third kappa shape index (κ3) is 6.28. The molecule has 0 saturated heterocycles. The summed E-state index contributed by atoms with van der Waals surface area (Å²) in [5.74, 6) is 0.869. The first-order valence-corrected chi connectivity index (χ1v) is 12.0. The maximum atomic E-state index is 13.2. The number of aromatic nitrogens is 3. The van der Waals surface area contributed by atoms with Gasteiger partial charge < -0.3 is 15.4 Å². The quantitative estimate of drug-likeness (QED) is 0.232. The van der Waals surface area contributed by atoms with E-state index in [2.05, 4.69) is 20.8 Å². The smallest absolute Gasteiger partial charge is 0.234 e. The molecule has 4 aromatic rings. The fraction of sp³-hybridized carbons (Fsp3) is 0.154. The van der Waals surface area contributed by atoms with E-state index in [0.717, 1.165) is 11.4 Å². The molecular weight excluding hydrogens is 481 g/mol. The number of carbonyl (C=O) groups excluding carboxylic acids is 2. The zero-order valence-corrected chi connectivity index (χ0v) is 20.5. The van der Waals surface area contributed by atoms with Crippen molar-refractivity contribution < 1.29 is 18.7 Å². The van der Waals surface area contributed by atoms with Crippen molar-refractivity contribution in [2.75, 3.05) is 23.5 Å². The molecule has 1 aromatic heterocycles. The predicted octanol–water partition coefficient (Wildman–Crippen LogP) is 4.96. The van der Waals surface area contributed by atoms with Crippen molar-refractivity contribution in [1.82, 2.24) is 14.8 Å². The molecule has 3 aromatic carbocycles. The molecule has 0 aliphatic rings. The number of halogens is 1. The highest BCUT2D eigenvalue weighted by molar-refractivity contribution is 7.99. The Bertz CT molecular complexity index is 1340. The number of anilines is 2. The standard InChI is InChI=1S/C26H24FN5O3S/c1-17(33)18-3-7-21(8-4-18)29-25(34)16-36-26-31-30-24(15-28-20-9-5-19(27)6-10-20)32(26)22-11-13-23(35-2)14-12-22/h3-14,28H,15-16H2,1-2H3,(H,29,34). The van der Waals surface area contributed by atoms with Crippen LogP contribution in [0.1, 0.15) is 23.1 Å². The van der Waals surface area contributed by atoms with Crippen molar-refractivity contribution in [2.45, 2.75) is 18.6 Å². The van der Waals surface area contributed by atoms with Crippen LogP contribution in [0.2, 0.25) is 0 Å². The van der Waals surface area contributed by atoms with Crippen LogP contribution < -0.4 is 15.4 Å². The Labute approximate surface area is 211 Å². The molecule has 1 heterocycles. The van der Waals surface area contributed by atoms with Gasteiger partial charge in [0.1, 0.15) is 11.6 Å². The Balaban J connectivity index is 1.49. The molecule has 0 aliphatic carbocycles. The number of carbonyl (C=O) groups is 2. The first-order valence-electron chi connectivity index (χ1n) is 11.0. The second kappa shape index (κ2) is 11.5. The van der Waals surface area contributed by atoms with E-state index in [1.807, 2.05) is 28.8 Å². The molecular formula is C26H24FN5O3S. The number of hydrogen-bond acceptors (Lipinski definition) is 7. The minimum atomic E-state index is -0.311. The van der Waals surface area contributed by atoms with Gasteiger partial charge in [-0.1, -0.05) is 11.8 Å². The van der Waals surface area contributed by atoms with Crippen molar-refractivity contribution in [3.63, 3.8) is 0 Å². The molecule has 0 radical (unpaired) electrons. The van der Waals surface area contributed by atoms with Gasteiger partial charge in [-0.3, -0.25) is 14.2 Å². The van der Waals surface area contributed by atoms with Crippen molar-refractivity contribution >= 4 is 34.8 Å². The molecule has 0 saturated carbocycles. The van der Waals surface area contributed by atoms with Crippen LogP contribution in [-0.2, 0) is 11.3 Å². The number of Topliss-reactive ketones (excluding diaryl/α,β-unsaturated/α-hetero) is 1. The highest BCUT2D eigenvalue weighted by Crippen LogP contribution is 2.25. The molecule has 184 valence electrons. The van der Waals surface area contributed by atoms with Gasteiger partial charge in [-0.15, -0.1) is 10.2 Å². The minimum absolute atomic E-state index is 0.0361. The van der Waals surface area contributed by atoms with E-state index >= 15 is 0 Å². The van der Waals surface area contributed by atoms with Crippen molar-refractivity contribution in [1.29, 1.82) is 0 Å². The van der Waals surface area contributed by atoms with E-state index in [1.165, 1.54) is 30.8 Å². The number of benzene rings is 3. The van der Waals surface area contributed by atoms with Gasteiger partial charge >= 0.3 is 0 Å². The molecule has 1 amide bonds. The van der Waals surface area contributed by atoms with E-state index in [4.69, 9.17) is 4.74 Å². The van der Waals surface area contributed by atoms with Gasteiger partial charge in [0.2, 0.25) is 5.91 Å². The van der Waals surface area contributed by atoms with E-state index < -0.39 is 0 Å². The number of nitrogens with zero attached hydrogens (tertiary/aromatic N) is 3. The number of methoxy groups -OCH3 is 1. The summed E-state index contributed by atoms with van der Waals surface area (Å²) in [5.41, 5.74) is 2.73. The Kier molecular flexibility index (Phi) is 7.96. The number of amides is 1. The molecule has 4 rings (SSSR count). The lowest BCUT2D eigenvalue weighted by atomic mass is 10.1. The monoisotopic (exact) mass is 505 g/mol. The van der Waals surface area contributed by atoms with Crippen LogP contribution in [-0.4, -0.2) is 39.3 Å². The molecule has 0 aliphatic heterocycles. The normalized spacial score (nSPS) is 10.6. The number of rotatable bonds is 10. The zero-order chi connectivity index (χ0) is 25.5. The first kappa shape index (κ1) is 24.9. The molecule has 0 atom stereocenters. The summed E-state index contributed by atoms with van der Waals surface area (Å²) in [7, 11) is 1.60. The number of ketones is 1. The summed E-state index contributed by atoms with van der Waals surface area (Å²) in [6, 6.07) is 20.2. The second-order valence-corrected chi connectivity index (χ2v) is 8.71. The van der Waals surface area contributed by atoms with Gasteiger partial charge in [-0.05, 0) is 79.7 Å². The third-order valence-electron chi connectivity index (χ3n) is 5.23. The summed E-state index contributed by atoms with van der Waals surface area (Å²) in [6.45, 7) is 1.83. The van der Waals surface area contributed by atoms with Gasteiger partial charge in [0, 0.05) is 22.6 Å². The van der Waals surface area contributed by atoms with Crippen LogP contribution in [0.4, 0.5) is 15.8 Å².